The van der Waals surface area contributed by atoms with E-state index in [4.69, 9.17) is 10.8 Å². The highest BCUT2D eigenvalue weighted by Crippen LogP contribution is 2.21. The van der Waals surface area contributed by atoms with Crippen molar-refractivity contribution in [2.75, 3.05) is 39.3 Å². The van der Waals surface area contributed by atoms with Gasteiger partial charge in [-0.25, -0.2) is 0 Å². The topological polar surface area (TPSA) is 69.8 Å². The first-order chi connectivity index (χ1) is 9.31. The predicted molar refractivity (Wildman–Crippen MR) is 81.4 cm³/mol. The van der Waals surface area contributed by atoms with E-state index in [1.54, 1.807) is 0 Å². The van der Waals surface area contributed by atoms with Crippen LogP contribution in [0.1, 0.15) is 40.0 Å². The summed E-state index contributed by atoms with van der Waals surface area (Å²) in [6, 6.07) is -0.0562. The lowest BCUT2D eigenvalue weighted by Gasteiger charge is -2.26. The minimum Gasteiger partial charge on any atom is -0.395 e. The molecule has 1 heterocycles. The Morgan fingerprint density at radius 2 is 1.95 bits per heavy atom. The maximum atomic E-state index is 12.3. The minimum absolute atomic E-state index is 0.0562. The fourth-order valence-electron chi connectivity index (χ4n) is 2.80. The normalized spacial score (nSPS) is 19.8. The molecule has 0 saturated carbocycles. The lowest BCUT2D eigenvalue weighted by Crippen LogP contribution is -2.39. The monoisotopic (exact) mass is 285 g/mol. The first-order valence-corrected chi connectivity index (χ1v) is 7.68. The molecule has 20 heavy (non-hydrogen) atoms. The van der Waals surface area contributed by atoms with E-state index in [-0.39, 0.29) is 24.0 Å². The van der Waals surface area contributed by atoms with E-state index in [1.807, 2.05) is 4.90 Å². The average molecular weight is 285 g/mol. The summed E-state index contributed by atoms with van der Waals surface area (Å²) in [7, 11) is 0. The number of β-amino-alcohol motifs (C(OH)–C–C–N with tert-alkyl or cyclic N) is 1. The molecule has 0 aromatic rings. The van der Waals surface area contributed by atoms with Crippen molar-refractivity contribution in [3.05, 3.63) is 0 Å². The van der Waals surface area contributed by atoms with Gasteiger partial charge in [0.25, 0.3) is 0 Å². The van der Waals surface area contributed by atoms with Crippen molar-refractivity contribution in [1.29, 1.82) is 0 Å². The molecule has 0 aliphatic carbocycles. The average Bonchev–Trinajstić information content (AvgIpc) is 2.52. The molecule has 1 saturated heterocycles. The Hall–Kier alpha value is -0.650. The summed E-state index contributed by atoms with van der Waals surface area (Å²) in [6.45, 7) is 10.7. The number of aliphatic hydroxyl groups excluding tert-OH is 1. The fraction of sp³-hybridized carbons (Fsp3) is 0.933. The summed E-state index contributed by atoms with van der Waals surface area (Å²) in [4.78, 5) is 16.4. The van der Waals surface area contributed by atoms with Gasteiger partial charge in [0.05, 0.1) is 6.61 Å². The van der Waals surface area contributed by atoms with Crippen LogP contribution in [0.3, 0.4) is 0 Å². The predicted octanol–water partition coefficient (Wildman–Crippen LogP) is 0.667. The SMILES string of the molecule is CC(C)(C)CC(N)CC(=O)N1CCCN(CCO)CC1. The van der Waals surface area contributed by atoms with E-state index >= 15 is 0 Å². The quantitative estimate of drug-likeness (QED) is 0.779. The van der Waals surface area contributed by atoms with Gasteiger partial charge in [0, 0.05) is 38.6 Å². The van der Waals surface area contributed by atoms with E-state index in [0.717, 1.165) is 39.0 Å². The number of carbonyl (C=O) groups excluding carboxylic acids is 1. The third-order valence-electron chi connectivity index (χ3n) is 3.67. The molecule has 0 spiro atoms. The fourth-order valence-corrected chi connectivity index (χ4v) is 2.80. The van der Waals surface area contributed by atoms with Crippen LogP contribution in [-0.4, -0.2) is 66.2 Å². The standard InChI is InChI=1S/C15H31N3O2/c1-15(2,3)12-13(16)11-14(20)18-6-4-5-17(7-8-18)9-10-19/h13,19H,4-12,16H2,1-3H3. The highest BCUT2D eigenvalue weighted by Gasteiger charge is 2.23. The van der Waals surface area contributed by atoms with Crippen LogP contribution in [-0.2, 0) is 4.79 Å². The molecule has 1 atom stereocenters. The Balaban J connectivity index is 2.39. The van der Waals surface area contributed by atoms with Crippen LogP contribution >= 0.6 is 0 Å². The summed E-state index contributed by atoms with van der Waals surface area (Å²) in [5.41, 5.74) is 6.25. The van der Waals surface area contributed by atoms with Crippen LogP contribution in [0, 0.1) is 5.41 Å². The Bertz CT molecular complexity index is 302. The molecule has 0 bridgehead atoms. The van der Waals surface area contributed by atoms with Crippen LogP contribution in [0.25, 0.3) is 0 Å². The number of carbonyl (C=O) groups is 1. The van der Waals surface area contributed by atoms with Gasteiger partial charge in [0.1, 0.15) is 0 Å². The van der Waals surface area contributed by atoms with Crippen LogP contribution in [0.2, 0.25) is 0 Å². The van der Waals surface area contributed by atoms with Gasteiger partial charge in [-0.05, 0) is 24.8 Å². The molecule has 0 aromatic carbocycles. The van der Waals surface area contributed by atoms with E-state index in [0.29, 0.717) is 13.0 Å². The first kappa shape index (κ1) is 17.4. The van der Waals surface area contributed by atoms with Gasteiger partial charge in [-0.15, -0.1) is 0 Å². The second-order valence-electron chi connectivity index (χ2n) is 7.03. The molecule has 5 heteroatoms. The number of nitrogens with two attached hydrogens (primary N) is 1. The lowest BCUT2D eigenvalue weighted by molar-refractivity contribution is -0.131. The van der Waals surface area contributed by atoms with E-state index < -0.39 is 0 Å². The molecule has 1 fully saturated rings. The first-order valence-electron chi connectivity index (χ1n) is 7.68. The number of hydrogen-bond acceptors (Lipinski definition) is 4. The van der Waals surface area contributed by atoms with Gasteiger partial charge < -0.3 is 15.7 Å². The third-order valence-corrected chi connectivity index (χ3v) is 3.67. The molecule has 1 amide bonds. The van der Waals surface area contributed by atoms with Crippen molar-refractivity contribution in [3.8, 4) is 0 Å². The molecule has 1 aliphatic rings. The number of amides is 1. The highest BCUT2D eigenvalue weighted by atomic mass is 16.3. The van der Waals surface area contributed by atoms with Crippen LogP contribution < -0.4 is 5.73 Å². The number of rotatable bonds is 5. The molecule has 0 aromatic heterocycles. The van der Waals surface area contributed by atoms with Gasteiger partial charge in [0.2, 0.25) is 5.91 Å². The van der Waals surface area contributed by atoms with Crippen molar-refractivity contribution in [3.63, 3.8) is 0 Å². The number of hydrogen-bond donors (Lipinski definition) is 2. The second-order valence-corrected chi connectivity index (χ2v) is 7.03. The van der Waals surface area contributed by atoms with E-state index in [1.165, 1.54) is 0 Å². The van der Waals surface area contributed by atoms with Crippen LogP contribution in [0.15, 0.2) is 0 Å². The summed E-state index contributed by atoms with van der Waals surface area (Å²) >= 11 is 0. The van der Waals surface area contributed by atoms with Gasteiger partial charge >= 0.3 is 0 Å². The summed E-state index contributed by atoms with van der Waals surface area (Å²) in [5, 5.41) is 8.97. The molecule has 5 nitrogen and oxygen atoms in total. The van der Waals surface area contributed by atoms with Crippen molar-refractivity contribution >= 4 is 5.91 Å². The zero-order valence-electron chi connectivity index (χ0n) is 13.3. The molecule has 1 rings (SSSR count). The van der Waals surface area contributed by atoms with E-state index in [9.17, 15) is 4.79 Å². The second kappa shape index (κ2) is 7.96. The summed E-state index contributed by atoms with van der Waals surface area (Å²) in [5.74, 6) is 0.174. The van der Waals surface area contributed by atoms with Crippen molar-refractivity contribution in [2.45, 2.75) is 46.1 Å². The maximum absolute atomic E-state index is 12.3. The van der Waals surface area contributed by atoms with Gasteiger partial charge in [-0.1, -0.05) is 20.8 Å². The Morgan fingerprint density at radius 1 is 1.25 bits per heavy atom. The van der Waals surface area contributed by atoms with E-state index in [2.05, 4.69) is 25.7 Å². The lowest BCUT2D eigenvalue weighted by atomic mass is 9.87. The zero-order valence-corrected chi connectivity index (χ0v) is 13.3. The van der Waals surface area contributed by atoms with Gasteiger partial charge in [-0.2, -0.15) is 0 Å². The highest BCUT2D eigenvalue weighted by molar-refractivity contribution is 5.76. The number of nitrogens with zero attached hydrogens (tertiary/aromatic N) is 2. The molecule has 1 unspecified atom stereocenters. The Labute approximate surface area is 123 Å². The van der Waals surface area contributed by atoms with Crippen molar-refractivity contribution in [1.82, 2.24) is 9.80 Å². The summed E-state index contributed by atoms with van der Waals surface area (Å²) in [6.07, 6.45) is 2.28. The largest absolute Gasteiger partial charge is 0.395 e. The molecule has 118 valence electrons. The van der Waals surface area contributed by atoms with Gasteiger partial charge in [-0.3, -0.25) is 9.69 Å². The van der Waals surface area contributed by atoms with Crippen molar-refractivity contribution in [2.24, 2.45) is 11.1 Å². The Morgan fingerprint density at radius 3 is 2.55 bits per heavy atom. The smallest absolute Gasteiger partial charge is 0.224 e. The van der Waals surface area contributed by atoms with Crippen LogP contribution in [0.5, 0.6) is 0 Å². The molecule has 3 N–H and O–H groups in total. The van der Waals surface area contributed by atoms with Gasteiger partial charge in [0.15, 0.2) is 0 Å². The zero-order chi connectivity index (χ0) is 15.2. The molecular formula is C15H31N3O2. The molecule has 1 aliphatic heterocycles. The van der Waals surface area contributed by atoms with Crippen molar-refractivity contribution < 1.29 is 9.90 Å². The van der Waals surface area contributed by atoms with Crippen LogP contribution in [0.4, 0.5) is 0 Å². The Kier molecular flexibility index (Phi) is 6.92. The summed E-state index contributed by atoms with van der Waals surface area (Å²) < 4.78 is 0. The molecular weight excluding hydrogens is 254 g/mol. The maximum Gasteiger partial charge on any atom is 0.224 e. The number of aliphatic hydroxyl groups is 1. The minimum atomic E-state index is -0.0562. The molecule has 0 radical (unpaired) electrons. The third kappa shape index (κ3) is 6.68.